The van der Waals surface area contributed by atoms with Gasteiger partial charge in [-0.1, -0.05) is 63.3 Å². The van der Waals surface area contributed by atoms with Gasteiger partial charge in [0, 0.05) is 5.92 Å². The fourth-order valence-electron chi connectivity index (χ4n) is 4.74. The lowest BCUT2D eigenvalue weighted by atomic mass is 9.70. The second-order valence-corrected chi connectivity index (χ2v) is 7.57. The molecule has 2 bridgehead atoms. The van der Waals surface area contributed by atoms with Crippen molar-refractivity contribution >= 4 is 6.08 Å². The van der Waals surface area contributed by atoms with Crippen molar-refractivity contribution in [2.45, 2.75) is 45.8 Å². The van der Waals surface area contributed by atoms with Crippen molar-refractivity contribution in [3.63, 3.8) is 0 Å². The molecule has 0 aliphatic heterocycles. The lowest BCUT2D eigenvalue weighted by Gasteiger charge is -2.37. The average Bonchev–Trinajstić information content (AvgIpc) is 2.78. The highest BCUT2D eigenvalue weighted by atomic mass is 16.3. The number of benzene rings is 1. The van der Waals surface area contributed by atoms with Gasteiger partial charge in [0.05, 0.1) is 12.2 Å². The third-order valence-corrected chi connectivity index (χ3v) is 6.54. The van der Waals surface area contributed by atoms with Gasteiger partial charge in [0.1, 0.15) is 0 Å². The molecule has 1 aromatic carbocycles. The monoisotopic (exact) mass is 286 g/mol. The predicted octanol–water partition coefficient (Wildman–Crippen LogP) is 3.49. The van der Waals surface area contributed by atoms with Crippen molar-refractivity contribution in [3.8, 4) is 0 Å². The Morgan fingerprint density at radius 2 is 1.86 bits per heavy atom. The summed E-state index contributed by atoms with van der Waals surface area (Å²) in [6.07, 6.45) is 4.99. The Balaban J connectivity index is 1.80. The minimum absolute atomic E-state index is 0.0429. The van der Waals surface area contributed by atoms with E-state index in [1.165, 1.54) is 0 Å². The number of aliphatic hydroxyl groups is 2. The zero-order chi connectivity index (χ0) is 15.3. The van der Waals surface area contributed by atoms with Crippen molar-refractivity contribution in [1.82, 2.24) is 0 Å². The van der Waals surface area contributed by atoms with Crippen molar-refractivity contribution in [2.24, 2.45) is 22.7 Å². The molecule has 2 N–H and O–H groups in total. The van der Waals surface area contributed by atoms with E-state index in [1.807, 2.05) is 42.5 Å². The lowest BCUT2D eigenvalue weighted by molar-refractivity contribution is -0.0382. The maximum atomic E-state index is 10.7. The van der Waals surface area contributed by atoms with Crippen LogP contribution < -0.4 is 0 Å². The summed E-state index contributed by atoms with van der Waals surface area (Å²) >= 11 is 0. The molecule has 0 spiro atoms. The predicted molar refractivity (Wildman–Crippen MR) is 85.6 cm³/mol. The van der Waals surface area contributed by atoms with E-state index in [0.29, 0.717) is 5.92 Å². The molecule has 0 radical (unpaired) electrons. The van der Waals surface area contributed by atoms with Crippen LogP contribution in [0.2, 0.25) is 0 Å². The smallest absolute Gasteiger partial charge is 0.0780 e. The van der Waals surface area contributed by atoms with Crippen LogP contribution in [0, 0.1) is 22.7 Å². The molecule has 2 saturated carbocycles. The summed E-state index contributed by atoms with van der Waals surface area (Å²) in [5.41, 5.74) is 1.11. The van der Waals surface area contributed by atoms with Gasteiger partial charge in [0.2, 0.25) is 0 Å². The molecule has 0 amide bonds. The zero-order valence-corrected chi connectivity index (χ0v) is 13.2. The molecule has 2 aliphatic rings. The number of hydrogen-bond acceptors (Lipinski definition) is 2. The Morgan fingerprint density at radius 3 is 2.43 bits per heavy atom. The van der Waals surface area contributed by atoms with Crippen molar-refractivity contribution in [2.75, 3.05) is 0 Å². The Hall–Kier alpha value is -1.12. The van der Waals surface area contributed by atoms with Crippen LogP contribution in [0.25, 0.3) is 6.08 Å². The third-order valence-electron chi connectivity index (χ3n) is 6.54. The molecule has 0 saturated heterocycles. The van der Waals surface area contributed by atoms with Crippen LogP contribution in [0.3, 0.4) is 0 Å². The second-order valence-electron chi connectivity index (χ2n) is 7.57. The number of aliphatic hydroxyl groups excluding tert-OH is 2. The standard InChI is InChI=1S/C19H26O2/c1-18(2)14-11-12-19(18,3)17(21)16(14)15(20)10-9-13-7-5-4-6-8-13/h4-10,14-17,20-21H,11-12H2,1-3H3/b10-9+/t14-,15+,16+,17?,19+/m1/s1. The van der Waals surface area contributed by atoms with Crippen molar-refractivity contribution < 1.29 is 10.2 Å². The summed E-state index contributed by atoms with van der Waals surface area (Å²) < 4.78 is 0. The van der Waals surface area contributed by atoms with E-state index in [4.69, 9.17) is 0 Å². The first-order chi connectivity index (χ1) is 9.88. The van der Waals surface area contributed by atoms with E-state index < -0.39 is 12.2 Å². The molecule has 5 atom stereocenters. The third kappa shape index (κ3) is 2.08. The number of fused-ring (bicyclic) bond motifs is 2. The highest BCUT2D eigenvalue weighted by molar-refractivity contribution is 5.49. The molecular formula is C19H26O2. The van der Waals surface area contributed by atoms with E-state index in [0.717, 1.165) is 18.4 Å². The summed E-state index contributed by atoms with van der Waals surface area (Å²) in [6, 6.07) is 10.00. The number of rotatable bonds is 3. The summed E-state index contributed by atoms with van der Waals surface area (Å²) in [5, 5.41) is 21.4. The quantitative estimate of drug-likeness (QED) is 0.893. The molecule has 0 heterocycles. The van der Waals surface area contributed by atoms with Crippen LogP contribution in [0.5, 0.6) is 0 Å². The van der Waals surface area contributed by atoms with E-state index >= 15 is 0 Å². The van der Waals surface area contributed by atoms with Crippen LogP contribution in [-0.2, 0) is 0 Å². The minimum Gasteiger partial charge on any atom is -0.392 e. The first-order valence-electron chi connectivity index (χ1n) is 7.97. The Kier molecular flexibility index (Phi) is 3.50. The van der Waals surface area contributed by atoms with Crippen LogP contribution in [0.1, 0.15) is 39.2 Å². The first-order valence-corrected chi connectivity index (χ1v) is 7.97. The molecule has 0 aromatic heterocycles. The largest absolute Gasteiger partial charge is 0.392 e. The van der Waals surface area contributed by atoms with Gasteiger partial charge < -0.3 is 10.2 Å². The van der Waals surface area contributed by atoms with E-state index in [2.05, 4.69) is 20.8 Å². The lowest BCUT2D eigenvalue weighted by Crippen LogP contribution is -2.40. The van der Waals surface area contributed by atoms with Gasteiger partial charge in [-0.3, -0.25) is 0 Å². The molecule has 2 heteroatoms. The van der Waals surface area contributed by atoms with Gasteiger partial charge in [0.25, 0.3) is 0 Å². The molecule has 114 valence electrons. The van der Waals surface area contributed by atoms with Gasteiger partial charge >= 0.3 is 0 Å². The van der Waals surface area contributed by atoms with Gasteiger partial charge in [-0.25, -0.2) is 0 Å². The summed E-state index contributed by atoms with van der Waals surface area (Å²) in [6.45, 7) is 6.69. The number of hydrogen-bond donors (Lipinski definition) is 2. The van der Waals surface area contributed by atoms with Crippen molar-refractivity contribution in [1.29, 1.82) is 0 Å². The van der Waals surface area contributed by atoms with Crippen LogP contribution in [-0.4, -0.2) is 22.4 Å². The van der Waals surface area contributed by atoms with Crippen LogP contribution in [0.4, 0.5) is 0 Å². The van der Waals surface area contributed by atoms with Crippen molar-refractivity contribution in [3.05, 3.63) is 42.0 Å². The average molecular weight is 286 g/mol. The highest BCUT2D eigenvalue weighted by Gasteiger charge is 2.66. The first kappa shape index (κ1) is 14.8. The van der Waals surface area contributed by atoms with Gasteiger partial charge in [-0.15, -0.1) is 0 Å². The molecular weight excluding hydrogens is 260 g/mol. The maximum absolute atomic E-state index is 10.7. The second kappa shape index (κ2) is 4.96. The summed E-state index contributed by atoms with van der Waals surface area (Å²) in [5.74, 6) is 0.353. The Bertz CT molecular complexity index is 534. The zero-order valence-electron chi connectivity index (χ0n) is 13.2. The van der Waals surface area contributed by atoms with Crippen LogP contribution >= 0.6 is 0 Å². The Labute approximate surface area is 127 Å². The van der Waals surface area contributed by atoms with E-state index in [9.17, 15) is 10.2 Å². The Morgan fingerprint density at radius 1 is 1.19 bits per heavy atom. The summed E-state index contributed by atoms with van der Waals surface area (Å²) in [7, 11) is 0. The van der Waals surface area contributed by atoms with Gasteiger partial charge in [-0.05, 0) is 35.2 Å². The molecule has 1 aromatic rings. The molecule has 1 unspecified atom stereocenters. The fourth-order valence-corrected chi connectivity index (χ4v) is 4.74. The normalized spacial score (nSPS) is 39.0. The van der Waals surface area contributed by atoms with Gasteiger partial charge in [-0.2, -0.15) is 0 Å². The topological polar surface area (TPSA) is 40.5 Å². The van der Waals surface area contributed by atoms with Crippen LogP contribution in [0.15, 0.2) is 36.4 Å². The van der Waals surface area contributed by atoms with E-state index in [1.54, 1.807) is 0 Å². The summed E-state index contributed by atoms with van der Waals surface area (Å²) in [4.78, 5) is 0. The highest BCUT2D eigenvalue weighted by Crippen LogP contribution is 2.68. The molecule has 2 aliphatic carbocycles. The van der Waals surface area contributed by atoms with Gasteiger partial charge in [0.15, 0.2) is 0 Å². The fraction of sp³-hybridized carbons (Fsp3) is 0.579. The molecule has 2 fully saturated rings. The van der Waals surface area contributed by atoms with E-state index in [-0.39, 0.29) is 16.7 Å². The molecule has 21 heavy (non-hydrogen) atoms. The SMILES string of the molecule is CC1(C)[C@@H]2CC[C@@]1(C)C(O)[C@@H]2[C@@H](O)/C=C/c1ccccc1. The molecule has 2 nitrogen and oxygen atoms in total. The maximum Gasteiger partial charge on any atom is 0.0780 e. The molecule has 3 rings (SSSR count). The minimum atomic E-state index is -0.577.